The number of hydrogen-bond acceptors (Lipinski definition) is 4. The summed E-state index contributed by atoms with van der Waals surface area (Å²) < 4.78 is 5.51. The molecule has 0 saturated carbocycles. The molecule has 0 aliphatic carbocycles. The minimum atomic E-state index is 0.126. The van der Waals surface area contributed by atoms with Gasteiger partial charge in [0.15, 0.2) is 0 Å². The van der Waals surface area contributed by atoms with Crippen LogP contribution in [-0.4, -0.2) is 41.4 Å². The van der Waals surface area contributed by atoms with Crippen LogP contribution < -0.4 is 0 Å². The van der Waals surface area contributed by atoms with Crippen molar-refractivity contribution in [3.05, 3.63) is 45.0 Å². The highest BCUT2D eigenvalue weighted by Gasteiger charge is 2.30. The molecule has 5 heteroatoms. The van der Waals surface area contributed by atoms with Gasteiger partial charge >= 0.3 is 0 Å². The highest BCUT2D eigenvalue weighted by molar-refractivity contribution is 7.10. The quantitative estimate of drug-likeness (QED) is 0.835. The van der Waals surface area contributed by atoms with Crippen molar-refractivity contribution >= 4 is 17.2 Å². The molecule has 0 N–H and O–H groups in total. The lowest BCUT2D eigenvalue weighted by molar-refractivity contribution is 0.0599. The molecule has 1 saturated heterocycles. The Labute approximate surface area is 147 Å². The van der Waals surface area contributed by atoms with Gasteiger partial charge in [0.2, 0.25) is 0 Å². The predicted molar refractivity (Wildman–Crippen MR) is 95.5 cm³/mol. The molecule has 1 amide bonds. The fraction of sp³-hybridized carbons (Fsp3) is 0.526. The first-order chi connectivity index (χ1) is 11.6. The third-order valence-corrected chi connectivity index (χ3v) is 6.40. The average Bonchev–Trinajstić information content (AvgIpc) is 3.19. The summed E-state index contributed by atoms with van der Waals surface area (Å²) in [7, 11) is 0. The molecule has 2 aliphatic heterocycles. The molecule has 0 aromatic carbocycles. The first kappa shape index (κ1) is 15.9. The maximum Gasteiger partial charge on any atom is 0.257 e. The Balaban J connectivity index is 1.37. The van der Waals surface area contributed by atoms with Gasteiger partial charge in [-0.05, 0) is 56.2 Å². The second-order valence-electron chi connectivity index (χ2n) is 6.94. The number of fused-ring (bicyclic) bond motifs is 1. The van der Waals surface area contributed by atoms with Gasteiger partial charge in [0.1, 0.15) is 11.5 Å². The Morgan fingerprint density at radius 3 is 2.75 bits per heavy atom. The van der Waals surface area contributed by atoms with Crippen LogP contribution in [0.4, 0.5) is 0 Å². The van der Waals surface area contributed by atoms with E-state index in [4.69, 9.17) is 4.42 Å². The van der Waals surface area contributed by atoms with Crippen molar-refractivity contribution < 1.29 is 9.21 Å². The van der Waals surface area contributed by atoms with Crippen LogP contribution in [0.2, 0.25) is 0 Å². The van der Waals surface area contributed by atoms with Crippen molar-refractivity contribution in [1.82, 2.24) is 9.80 Å². The number of piperidine rings is 1. The van der Waals surface area contributed by atoms with Crippen molar-refractivity contribution in [2.75, 3.05) is 19.6 Å². The van der Waals surface area contributed by atoms with Crippen LogP contribution in [0.25, 0.3) is 0 Å². The zero-order valence-corrected chi connectivity index (χ0v) is 15.2. The lowest BCUT2D eigenvalue weighted by Crippen LogP contribution is -2.47. The third kappa shape index (κ3) is 2.91. The van der Waals surface area contributed by atoms with E-state index in [0.29, 0.717) is 6.04 Å². The minimum absolute atomic E-state index is 0.126. The molecule has 128 valence electrons. The van der Waals surface area contributed by atoms with E-state index in [2.05, 4.69) is 16.3 Å². The van der Waals surface area contributed by atoms with Crippen LogP contribution in [0.1, 0.15) is 45.2 Å². The van der Waals surface area contributed by atoms with Crippen molar-refractivity contribution in [3.8, 4) is 0 Å². The second-order valence-corrected chi connectivity index (χ2v) is 7.94. The van der Waals surface area contributed by atoms with Gasteiger partial charge in [-0.15, -0.1) is 11.3 Å². The van der Waals surface area contributed by atoms with Crippen LogP contribution in [0.5, 0.6) is 0 Å². The van der Waals surface area contributed by atoms with Gasteiger partial charge in [-0.2, -0.15) is 0 Å². The first-order valence-electron chi connectivity index (χ1n) is 8.77. The highest BCUT2D eigenvalue weighted by atomic mass is 32.1. The Morgan fingerprint density at radius 1 is 1.25 bits per heavy atom. The largest absolute Gasteiger partial charge is 0.466 e. The summed E-state index contributed by atoms with van der Waals surface area (Å²) in [5, 5.41) is 2.21. The molecule has 0 atom stereocenters. The number of carbonyl (C=O) groups excluding carboxylic acids is 1. The number of furan rings is 1. The minimum Gasteiger partial charge on any atom is -0.466 e. The van der Waals surface area contributed by atoms with Crippen LogP contribution in [0.3, 0.4) is 0 Å². The monoisotopic (exact) mass is 344 g/mol. The summed E-state index contributed by atoms with van der Waals surface area (Å²) in [6, 6.07) is 4.75. The fourth-order valence-electron chi connectivity index (χ4n) is 4.03. The van der Waals surface area contributed by atoms with Gasteiger partial charge in [-0.3, -0.25) is 9.69 Å². The van der Waals surface area contributed by atoms with Gasteiger partial charge in [0, 0.05) is 37.1 Å². The lowest BCUT2D eigenvalue weighted by atomic mass is 9.99. The maximum absolute atomic E-state index is 12.7. The molecular weight excluding hydrogens is 320 g/mol. The normalized spacial score (nSPS) is 19.5. The van der Waals surface area contributed by atoms with Gasteiger partial charge in [0.25, 0.3) is 5.91 Å². The Bertz CT molecular complexity index is 740. The molecule has 4 rings (SSSR count). The smallest absolute Gasteiger partial charge is 0.257 e. The van der Waals surface area contributed by atoms with Crippen LogP contribution in [-0.2, 0) is 13.0 Å². The predicted octanol–water partition coefficient (Wildman–Crippen LogP) is 3.62. The van der Waals surface area contributed by atoms with Crippen molar-refractivity contribution in [3.63, 3.8) is 0 Å². The molecule has 2 aromatic rings. The van der Waals surface area contributed by atoms with E-state index in [-0.39, 0.29) is 5.91 Å². The molecule has 2 aromatic heterocycles. The van der Waals surface area contributed by atoms with Crippen molar-refractivity contribution in [2.24, 2.45) is 0 Å². The standard InChI is InChI=1S/C19H24N2O2S/c1-13-11-17(14(2)23-13)19(22)20-7-3-16(4-8-20)21-9-5-18-15(12-21)6-10-24-18/h6,10-11,16H,3-5,7-9,12H2,1-2H3. The van der Waals surface area contributed by atoms with Gasteiger partial charge in [-0.25, -0.2) is 0 Å². The molecule has 1 fully saturated rings. The molecule has 24 heavy (non-hydrogen) atoms. The van der Waals surface area contributed by atoms with Crippen LogP contribution in [0, 0.1) is 13.8 Å². The molecule has 0 radical (unpaired) electrons. The van der Waals surface area contributed by atoms with E-state index in [0.717, 1.165) is 56.1 Å². The maximum atomic E-state index is 12.7. The topological polar surface area (TPSA) is 36.7 Å². The Kier molecular flexibility index (Phi) is 4.22. The van der Waals surface area contributed by atoms with Crippen molar-refractivity contribution in [2.45, 2.75) is 45.7 Å². The molecule has 2 aliphatic rings. The number of nitrogens with zero attached hydrogens (tertiary/aromatic N) is 2. The highest BCUT2D eigenvalue weighted by Crippen LogP contribution is 2.28. The SMILES string of the molecule is Cc1cc(C(=O)N2CCC(N3CCc4sccc4C3)CC2)c(C)o1. The molecule has 4 heterocycles. The van der Waals surface area contributed by atoms with E-state index in [1.54, 1.807) is 4.88 Å². The summed E-state index contributed by atoms with van der Waals surface area (Å²) >= 11 is 1.89. The summed E-state index contributed by atoms with van der Waals surface area (Å²) in [5.74, 6) is 1.67. The summed E-state index contributed by atoms with van der Waals surface area (Å²) in [6.45, 7) is 7.70. The number of thiophene rings is 1. The fourth-order valence-corrected chi connectivity index (χ4v) is 4.92. The van der Waals surface area contributed by atoms with E-state index in [1.165, 1.54) is 12.0 Å². The molecule has 0 unspecified atom stereocenters. The summed E-state index contributed by atoms with van der Waals surface area (Å²) in [6.07, 6.45) is 3.32. The van der Waals surface area contributed by atoms with Gasteiger partial charge < -0.3 is 9.32 Å². The number of carbonyl (C=O) groups is 1. The molecule has 0 bridgehead atoms. The number of rotatable bonds is 2. The Hall–Kier alpha value is -1.59. The number of hydrogen-bond donors (Lipinski definition) is 0. The average molecular weight is 344 g/mol. The van der Waals surface area contributed by atoms with E-state index in [9.17, 15) is 4.79 Å². The summed E-state index contributed by atoms with van der Waals surface area (Å²) in [5.41, 5.74) is 2.24. The molecule has 4 nitrogen and oxygen atoms in total. The zero-order valence-electron chi connectivity index (χ0n) is 14.4. The number of likely N-dealkylation sites (tertiary alicyclic amines) is 1. The van der Waals surface area contributed by atoms with Gasteiger partial charge in [0.05, 0.1) is 5.56 Å². The second kappa shape index (κ2) is 6.37. The van der Waals surface area contributed by atoms with Gasteiger partial charge in [-0.1, -0.05) is 0 Å². The van der Waals surface area contributed by atoms with Crippen LogP contribution >= 0.6 is 11.3 Å². The van der Waals surface area contributed by atoms with Crippen molar-refractivity contribution in [1.29, 1.82) is 0 Å². The third-order valence-electron chi connectivity index (χ3n) is 5.38. The molecular formula is C19H24N2O2S. The van der Waals surface area contributed by atoms with E-state index >= 15 is 0 Å². The zero-order chi connectivity index (χ0) is 16.7. The number of aryl methyl sites for hydroxylation is 2. The molecule has 0 spiro atoms. The number of amides is 1. The first-order valence-corrected chi connectivity index (χ1v) is 9.65. The van der Waals surface area contributed by atoms with E-state index in [1.807, 2.05) is 36.2 Å². The van der Waals surface area contributed by atoms with E-state index < -0.39 is 0 Å². The Morgan fingerprint density at radius 2 is 2.04 bits per heavy atom. The lowest BCUT2D eigenvalue weighted by Gasteiger charge is -2.40. The summed E-state index contributed by atoms with van der Waals surface area (Å²) in [4.78, 5) is 18.9. The van der Waals surface area contributed by atoms with Crippen LogP contribution in [0.15, 0.2) is 21.9 Å².